The molecule has 1 aromatic carbocycles. The number of allylic oxidation sites excluding steroid dienone is 1. The predicted octanol–water partition coefficient (Wildman–Crippen LogP) is 2.95. The largest absolute Gasteiger partial charge is 0.761 e. The first-order valence-corrected chi connectivity index (χ1v) is 14.0. The quantitative estimate of drug-likeness (QED) is 0.294. The van der Waals surface area contributed by atoms with Gasteiger partial charge in [0.15, 0.2) is 5.13 Å². The van der Waals surface area contributed by atoms with Crippen LogP contribution in [0.5, 0.6) is 0 Å². The Bertz CT molecular complexity index is 1210. The number of nitrogens with two attached hydrogens (primary N) is 1. The molecule has 0 bridgehead atoms. The zero-order chi connectivity index (χ0) is 26.6. The molecule has 5 rings (SSSR count). The van der Waals surface area contributed by atoms with Gasteiger partial charge in [0.25, 0.3) is 0 Å². The third-order valence-electron chi connectivity index (χ3n) is 7.60. The summed E-state index contributed by atoms with van der Waals surface area (Å²) in [6.07, 6.45) is 9.28. The summed E-state index contributed by atoms with van der Waals surface area (Å²) in [5.41, 5.74) is 10.9. The van der Waals surface area contributed by atoms with E-state index < -0.39 is 0 Å². The lowest BCUT2D eigenvalue weighted by Crippen LogP contribution is -2.43. The van der Waals surface area contributed by atoms with E-state index in [2.05, 4.69) is 50.3 Å². The highest BCUT2D eigenvalue weighted by atomic mass is 32.1. The number of nitrogens with zero attached hydrogens (tertiary/aromatic N) is 4. The third kappa shape index (κ3) is 5.80. The third-order valence-corrected chi connectivity index (χ3v) is 8.60. The summed E-state index contributed by atoms with van der Waals surface area (Å²) in [4.78, 5) is 24.9. The van der Waals surface area contributed by atoms with E-state index in [1.807, 2.05) is 5.48 Å². The Morgan fingerprint density at radius 1 is 1.24 bits per heavy atom. The molecule has 3 heterocycles. The van der Waals surface area contributed by atoms with E-state index in [0.717, 1.165) is 57.7 Å². The number of hydrogen-bond donors (Lipinski definition) is 4. The van der Waals surface area contributed by atoms with Crippen molar-refractivity contribution in [3.05, 3.63) is 57.8 Å². The molecule has 0 amide bonds. The van der Waals surface area contributed by atoms with Crippen LogP contribution in [0.3, 0.4) is 0 Å². The van der Waals surface area contributed by atoms with E-state index >= 15 is 0 Å². The van der Waals surface area contributed by atoms with Crippen LogP contribution in [-0.2, 0) is 0 Å². The van der Waals surface area contributed by atoms with Crippen molar-refractivity contribution in [1.82, 2.24) is 14.8 Å². The van der Waals surface area contributed by atoms with Gasteiger partial charge in [-0.05, 0) is 56.5 Å². The highest BCUT2D eigenvalue weighted by Gasteiger charge is 2.24. The van der Waals surface area contributed by atoms with E-state index in [9.17, 15) is 15.1 Å². The van der Waals surface area contributed by atoms with Crippen LogP contribution in [0.25, 0.3) is 0 Å². The predicted molar refractivity (Wildman–Crippen MR) is 154 cm³/mol. The monoisotopic (exact) mass is 538 g/mol. The molecule has 0 radical (unpaired) electrons. The zero-order valence-corrected chi connectivity index (χ0v) is 22.5. The summed E-state index contributed by atoms with van der Waals surface area (Å²) >= 11 is 1.23. The zero-order valence-electron chi connectivity index (χ0n) is 21.7. The molecule has 1 aliphatic carbocycles. The number of benzene rings is 1. The van der Waals surface area contributed by atoms with Crippen molar-refractivity contribution < 1.29 is 9.90 Å². The number of ketones is 1. The number of aliphatic hydroxyl groups excluding tert-OH is 1. The maximum absolute atomic E-state index is 13.3. The molecule has 38 heavy (non-hydrogen) atoms. The van der Waals surface area contributed by atoms with Gasteiger partial charge in [-0.1, -0.05) is 23.5 Å². The van der Waals surface area contributed by atoms with Gasteiger partial charge >= 0.3 is 0 Å². The molecule has 2 unspecified atom stereocenters. The minimum atomic E-state index is -0.264. The molecule has 5 N–H and O–H groups in total. The second-order valence-corrected chi connectivity index (χ2v) is 11.3. The maximum Gasteiger partial charge on any atom is 0.206 e. The van der Waals surface area contributed by atoms with E-state index in [1.165, 1.54) is 17.0 Å². The van der Waals surface area contributed by atoms with Crippen molar-refractivity contribution in [2.45, 2.75) is 25.3 Å². The van der Waals surface area contributed by atoms with Crippen LogP contribution in [0.2, 0.25) is 0 Å². The molecule has 2 aliphatic heterocycles. The number of carbonyl (C=O) groups excluding carboxylic acids is 1. The van der Waals surface area contributed by atoms with Crippen LogP contribution in [0.4, 0.5) is 22.3 Å². The number of piperazine rings is 1. The van der Waals surface area contributed by atoms with E-state index in [-0.39, 0.29) is 30.2 Å². The fourth-order valence-electron chi connectivity index (χ4n) is 5.33. The Morgan fingerprint density at radius 2 is 2.05 bits per heavy atom. The fraction of sp³-hybridized carbons (Fsp3) is 0.481. The van der Waals surface area contributed by atoms with Crippen molar-refractivity contribution in [2.75, 3.05) is 74.4 Å². The average molecular weight is 539 g/mol. The topological polar surface area (TPSA) is 133 Å². The number of rotatable bonds is 8. The average Bonchev–Trinajstić information content (AvgIpc) is 3.32. The lowest BCUT2D eigenvalue weighted by atomic mass is 9.98. The summed E-state index contributed by atoms with van der Waals surface area (Å²) in [6, 6.07) is 5.17. The van der Waals surface area contributed by atoms with Gasteiger partial charge in [0.05, 0.1) is 11.7 Å². The Morgan fingerprint density at radius 3 is 2.76 bits per heavy atom. The van der Waals surface area contributed by atoms with Crippen molar-refractivity contribution in [3.8, 4) is 0 Å². The minimum Gasteiger partial charge on any atom is -0.761 e. The summed E-state index contributed by atoms with van der Waals surface area (Å²) < 4.78 is 0. The van der Waals surface area contributed by atoms with Gasteiger partial charge in [0.2, 0.25) is 5.78 Å². The normalized spacial score (nSPS) is 22.3. The maximum atomic E-state index is 13.3. The first-order valence-electron chi connectivity index (χ1n) is 13.2. The standard InChI is InChI=1S/C27H36N7O3S/c1-32-11-13-33(14-12-32)21-7-5-20(6-8-21)29-27-30-26(28)25(38-27)24(36)19-4-9-23(22(15-19)31-37)34-10-2-3-18(16-34)17-35/h4-5,7-9,15,18,20,31,35H,2-3,6,10-14,16-17,28H2,1H3,(H,29,30)/q-1. The Labute approximate surface area is 227 Å². The molecule has 3 aliphatic rings. The van der Waals surface area contributed by atoms with Crippen LogP contribution in [-0.4, -0.2) is 84.6 Å². The molecule has 11 heteroatoms. The van der Waals surface area contributed by atoms with Gasteiger partial charge in [-0.2, -0.15) is 0 Å². The summed E-state index contributed by atoms with van der Waals surface area (Å²) in [5, 5.41) is 25.3. The Hall–Kier alpha value is -3.12. The lowest BCUT2D eigenvalue weighted by Gasteiger charge is -2.35. The van der Waals surface area contributed by atoms with Crippen LogP contribution in [0.1, 0.15) is 34.5 Å². The van der Waals surface area contributed by atoms with Gasteiger partial charge in [0, 0.05) is 62.8 Å². The minimum absolute atomic E-state index is 0.0718. The second-order valence-electron chi connectivity index (χ2n) is 10.3. The Kier molecular flexibility index (Phi) is 8.18. The van der Waals surface area contributed by atoms with Gasteiger partial charge in [-0.3, -0.25) is 4.79 Å². The van der Waals surface area contributed by atoms with Crippen molar-refractivity contribution in [3.63, 3.8) is 0 Å². The highest BCUT2D eigenvalue weighted by Crippen LogP contribution is 2.34. The van der Waals surface area contributed by atoms with Gasteiger partial charge in [0.1, 0.15) is 10.7 Å². The molecule has 2 saturated heterocycles. The number of aromatic nitrogens is 1. The smallest absolute Gasteiger partial charge is 0.206 e. The molecule has 0 spiro atoms. The summed E-state index contributed by atoms with van der Waals surface area (Å²) in [6.45, 7) is 5.81. The molecule has 2 atom stereocenters. The molecule has 0 saturated carbocycles. The number of piperidine rings is 1. The van der Waals surface area contributed by atoms with Crippen LogP contribution in [0, 0.1) is 11.1 Å². The molecule has 2 fully saturated rings. The van der Waals surface area contributed by atoms with Gasteiger partial charge < -0.3 is 41.5 Å². The Balaban J connectivity index is 1.24. The van der Waals surface area contributed by atoms with Crippen LogP contribution >= 0.6 is 11.3 Å². The first kappa shape index (κ1) is 26.5. The fourth-order valence-corrected chi connectivity index (χ4v) is 6.24. The number of anilines is 4. The van der Waals surface area contributed by atoms with E-state index in [0.29, 0.717) is 27.8 Å². The number of likely N-dealkylation sites (N-methyl/N-ethyl adjacent to an activating group) is 1. The molecule has 2 aromatic rings. The molecule has 1 aromatic heterocycles. The second kappa shape index (κ2) is 11.7. The number of thiazole rings is 1. The number of nitrogens with one attached hydrogen (secondary N) is 2. The SMILES string of the molecule is CN1CCN(C2=CCC(Nc3nc(N)c(C(=O)c4ccc(N5CCCC(CO)C5)c(N[O-])c4)s3)C=C2)CC1. The summed E-state index contributed by atoms with van der Waals surface area (Å²) in [7, 11) is 2.15. The van der Waals surface area contributed by atoms with E-state index in [1.54, 1.807) is 18.2 Å². The number of aliphatic hydroxyl groups is 1. The summed E-state index contributed by atoms with van der Waals surface area (Å²) in [5.74, 6) is 0.0956. The van der Waals surface area contributed by atoms with E-state index in [4.69, 9.17) is 5.73 Å². The van der Waals surface area contributed by atoms with Crippen LogP contribution < -0.4 is 21.4 Å². The number of hydrogen-bond acceptors (Lipinski definition) is 11. The molecule has 10 nitrogen and oxygen atoms in total. The van der Waals surface area contributed by atoms with Gasteiger partial charge in [-0.25, -0.2) is 4.98 Å². The molecular formula is C27H36N7O3S-. The number of nitrogen functional groups attached to an aromatic ring is 1. The van der Waals surface area contributed by atoms with Crippen molar-refractivity contribution in [1.29, 1.82) is 0 Å². The van der Waals surface area contributed by atoms with Crippen molar-refractivity contribution in [2.24, 2.45) is 5.92 Å². The van der Waals surface area contributed by atoms with Gasteiger partial charge in [-0.15, -0.1) is 0 Å². The highest BCUT2D eigenvalue weighted by molar-refractivity contribution is 7.18. The lowest BCUT2D eigenvalue weighted by molar-refractivity contribution is 0.104. The number of carbonyl (C=O) groups is 1. The van der Waals surface area contributed by atoms with Crippen molar-refractivity contribution >= 4 is 39.4 Å². The first-order chi connectivity index (χ1) is 18.4. The molecule has 204 valence electrons. The van der Waals surface area contributed by atoms with Crippen LogP contribution in [0.15, 0.2) is 42.1 Å². The molecular weight excluding hydrogens is 502 g/mol.